The number of hydrogen-bond acceptors (Lipinski definition) is 5. The lowest BCUT2D eigenvalue weighted by Crippen LogP contribution is -2.37. The molecule has 2 aromatic rings. The summed E-state index contributed by atoms with van der Waals surface area (Å²) < 4.78 is 10.8. The van der Waals surface area contributed by atoms with E-state index in [1.54, 1.807) is 31.4 Å². The minimum Gasteiger partial charge on any atom is -0.508 e. The van der Waals surface area contributed by atoms with Crippen LogP contribution in [0.4, 0.5) is 0 Å². The van der Waals surface area contributed by atoms with Gasteiger partial charge >= 0.3 is 0 Å². The molecular formula is C13H14N2O3. The van der Waals surface area contributed by atoms with E-state index in [1.165, 1.54) is 0 Å². The molecule has 0 bridgehead atoms. The molecule has 18 heavy (non-hydrogen) atoms. The molecule has 94 valence electrons. The van der Waals surface area contributed by atoms with E-state index in [1.807, 2.05) is 0 Å². The van der Waals surface area contributed by atoms with Gasteiger partial charge in [0, 0.05) is 12.7 Å². The zero-order valence-corrected chi connectivity index (χ0v) is 10.1. The first-order chi connectivity index (χ1) is 8.73. The van der Waals surface area contributed by atoms with Crippen molar-refractivity contribution in [2.45, 2.75) is 24.9 Å². The molecule has 0 spiro atoms. The van der Waals surface area contributed by atoms with Crippen LogP contribution in [0.25, 0.3) is 11.5 Å². The van der Waals surface area contributed by atoms with Crippen LogP contribution in [-0.4, -0.2) is 22.4 Å². The Morgan fingerprint density at radius 3 is 2.56 bits per heavy atom. The van der Waals surface area contributed by atoms with E-state index < -0.39 is 0 Å². The molecule has 1 N–H and O–H groups in total. The summed E-state index contributed by atoms with van der Waals surface area (Å²) >= 11 is 0. The number of aromatic hydroxyl groups is 1. The third-order valence-corrected chi connectivity index (χ3v) is 3.50. The largest absolute Gasteiger partial charge is 0.508 e. The SMILES string of the molecule is COC1(c2noc(-c3ccc(O)cc3)n2)CCC1. The quantitative estimate of drug-likeness (QED) is 0.901. The highest BCUT2D eigenvalue weighted by Gasteiger charge is 2.43. The number of benzene rings is 1. The minimum absolute atomic E-state index is 0.214. The summed E-state index contributed by atoms with van der Waals surface area (Å²) in [6.07, 6.45) is 2.98. The smallest absolute Gasteiger partial charge is 0.258 e. The molecule has 0 radical (unpaired) electrons. The summed E-state index contributed by atoms with van der Waals surface area (Å²) in [5.74, 6) is 1.28. The Hall–Kier alpha value is -1.88. The van der Waals surface area contributed by atoms with Crippen molar-refractivity contribution in [2.75, 3.05) is 7.11 Å². The van der Waals surface area contributed by atoms with Crippen molar-refractivity contribution in [1.29, 1.82) is 0 Å². The van der Waals surface area contributed by atoms with E-state index in [9.17, 15) is 5.11 Å². The van der Waals surface area contributed by atoms with Gasteiger partial charge in [-0.1, -0.05) is 5.16 Å². The second kappa shape index (κ2) is 4.10. The summed E-state index contributed by atoms with van der Waals surface area (Å²) in [6.45, 7) is 0. The average molecular weight is 246 g/mol. The maximum absolute atomic E-state index is 9.24. The molecule has 0 saturated heterocycles. The summed E-state index contributed by atoms with van der Waals surface area (Å²) in [7, 11) is 1.68. The zero-order valence-electron chi connectivity index (χ0n) is 10.1. The van der Waals surface area contributed by atoms with Crippen molar-refractivity contribution in [3.8, 4) is 17.2 Å². The van der Waals surface area contributed by atoms with Crippen LogP contribution in [0.5, 0.6) is 5.75 Å². The standard InChI is InChI=1S/C13H14N2O3/c1-17-13(7-2-8-13)12-14-11(18-15-12)9-3-5-10(16)6-4-9/h3-6,16H,2,7-8H2,1H3. The lowest BCUT2D eigenvalue weighted by Gasteiger charge is -2.37. The molecule has 0 amide bonds. The van der Waals surface area contributed by atoms with Gasteiger partial charge in [0.05, 0.1) is 0 Å². The molecule has 3 rings (SSSR count). The molecule has 5 nitrogen and oxygen atoms in total. The Morgan fingerprint density at radius 2 is 2.00 bits per heavy atom. The Morgan fingerprint density at radius 1 is 1.28 bits per heavy atom. The Balaban J connectivity index is 1.91. The van der Waals surface area contributed by atoms with Crippen LogP contribution in [-0.2, 0) is 10.3 Å². The normalized spacial score (nSPS) is 17.4. The topological polar surface area (TPSA) is 68.4 Å². The van der Waals surface area contributed by atoms with Gasteiger partial charge in [-0.25, -0.2) is 0 Å². The maximum Gasteiger partial charge on any atom is 0.258 e. The number of ether oxygens (including phenoxy) is 1. The highest BCUT2D eigenvalue weighted by atomic mass is 16.5. The van der Waals surface area contributed by atoms with E-state index in [4.69, 9.17) is 9.26 Å². The summed E-state index contributed by atoms with van der Waals surface area (Å²) in [4.78, 5) is 4.39. The van der Waals surface area contributed by atoms with Gasteiger partial charge in [-0.15, -0.1) is 0 Å². The molecule has 1 aliphatic carbocycles. The highest BCUT2D eigenvalue weighted by Crippen LogP contribution is 2.43. The lowest BCUT2D eigenvalue weighted by atomic mass is 9.79. The number of aromatic nitrogens is 2. The van der Waals surface area contributed by atoms with Gasteiger partial charge in [0.2, 0.25) is 5.82 Å². The van der Waals surface area contributed by atoms with Crippen molar-refractivity contribution in [3.05, 3.63) is 30.1 Å². The predicted molar refractivity (Wildman–Crippen MR) is 63.9 cm³/mol. The molecule has 0 aliphatic heterocycles. The third kappa shape index (κ3) is 1.67. The number of rotatable bonds is 3. The van der Waals surface area contributed by atoms with E-state index in [2.05, 4.69) is 10.1 Å². The number of methoxy groups -OCH3 is 1. The van der Waals surface area contributed by atoms with Crippen LogP contribution in [0.3, 0.4) is 0 Å². The minimum atomic E-state index is -0.362. The van der Waals surface area contributed by atoms with Crippen molar-refractivity contribution >= 4 is 0 Å². The molecule has 1 heterocycles. The van der Waals surface area contributed by atoms with Crippen molar-refractivity contribution in [1.82, 2.24) is 10.1 Å². The molecule has 0 atom stereocenters. The van der Waals surface area contributed by atoms with Gasteiger partial charge in [-0.05, 0) is 43.5 Å². The molecule has 1 saturated carbocycles. The van der Waals surface area contributed by atoms with Crippen molar-refractivity contribution < 1.29 is 14.4 Å². The number of phenols is 1. The average Bonchev–Trinajstić information content (AvgIpc) is 2.79. The van der Waals surface area contributed by atoms with Crippen LogP contribution >= 0.6 is 0 Å². The third-order valence-electron chi connectivity index (χ3n) is 3.50. The van der Waals surface area contributed by atoms with Crippen LogP contribution in [0.15, 0.2) is 28.8 Å². The number of phenolic OH excluding ortho intramolecular Hbond substituents is 1. The highest BCUT2D eigenvalue weighted by molar-refractivity contribution is 5.54. The molecule has 5 heteroatoms. The number of nitrogens with zero attached hydrogens (tertiary/aromatic N) is 2. The number of hydrogen-bond donors (Lipinski definition) is 1. The van der Waals surface area contributed by atoms with E-state index in [0.717, 1.165) is 24.8 Å². The fourth-order valence-corrected chi connectivity index (χ4v) is 2.15. The monoisotopic (exact) mass is 246 g/mol. The molecule has 0 unspecified atom stereocenters. The van der Waals surface area contributed by atoms with Crippen molar-refractivity contribution in [2.24, 2.45) is 0 Å². The summed E-state index contributed by atoms with van der Waals surface area (Å²) in [6, 6.07) is 6.67. The first-order valence-electron chi connectivity index (χ1n) is 5.92. The van der Waals surface area contributed by atoms with Gasteiger partial charge < -0.3 is 14.4 Å². The molecule has 1 aliphatic rings. The molecular weight excluding hydrogens is 232 g/mol. The van der Waals surface area contributed by atoms with Crippen LogP contribution in [0, 0.1) is 0 Å². The van der Waals surface area contributed by atoms with Gasteiger partial charge in [0.1, 0.15) is 11.4 Å². The Labute approximate surface area is 104 Å². The van der Waals surface area contributed by atoms with Crippen LogP contribution < -0.4 is 0 Å². The van der Waals surface area contributed by atoms with E-state index >= 15 is 0 Å². The van der Waals surface area contributed by atoms with Gasteiger partial charge in [-0.2, -0.15) is 4.98 Å². The first-order valence-corrected chi connectivity index (χ1v) is 5.92. The first kappa shape index (κ1) is 11.2. The second-order valence-electron chi connectivity index (χ2n) is 4.52. The van der Waals surface area contributed by atoms with Gasteiger partial charge in [0.25, 0.3) is 5.89 Å². The maximum atomic E-state index is 9.24. The van der Waals surface area contributed by atoms with E-state index in [0.29, 0.717) is 11.7 Å². The lowest BCUT2D eigenvalue weighted by molar-refractivity contribution is -0.0858. The van der Waals surface area contributed by atoms with E-state index in [-0.39, 0.29) is 11.4 Å². The fraction of sp³-hybridized carbons (Fsp3) is 0.385. The van der Waals surface area contributed by atoms with Gasteiger partial charge in [-0.3, -0.25) is 0 Å². The zero-order chi connectivity index (χ0) is 12.6. The molecule has 1 fully saturated rings. The predicted octanol–water partition coefficient (Wildman–Crippen LogP) is 2.47. The summed E-state index contributed by atoms with van der Waals surface area (Å²) in [5, 5.41) is 13.2. The fourth-order valence-electron chi connectivity index (χ4n) is 2.15. The Kier molecular flexibility index (Phi) is 2.56. The van der Waals surface area contributed by atoms with Crippen LogP contribution in [0.1, 0.15) is 25.1 Å². The van der Waals surface area contributed by atoms with Crippen molar-refractivity contribution in [3.63, 3.8) is 0 Å². The molecule has 1 aromatic carbocycles. The van der Waals surface area contributed by atoms with Crippen LogP contribution in [0.2, 0.25) is 0 Å². The molecule has 1 aromatic heterocycles. The second-order valence-corrected chi connectivity index (χ2v) is 4.52. The summed E-state index contributed by atoms with van der Waals surface area (Å²) in [5.41, 5.74) is 0.427. The Bertz CT molecular complexity index is 538. The van der Waals surface area contributed by atoms with Gasteiger partial charge in [0.15, 0.2) is 0 Å².